The van der Waals surface area contributed by atoms with Crippen molar-refractivity contribution in [3.8, 4) is 11.5 Å². The lowest BCUT2D eigenvalue weighted by molar-refractivity contribution is -0.143. The van der Waals surface area contributed by atoms with Gasteiger partial charge in [0.05, 0.1) is 27.0 Å². The fourth-order valence-corrected chi connectivity index (χ4v) is 3.96. The molecule has 3 rings (SSSR count). The normalized spacial score (nSPS) is 11.9. The van der Waals surface area contributed by atoms with Gasteiger partial charge < -0.3 is 33.9 Å². The molecule has 3 aromatic rings. The highest BCUT2D eigenvalue weighted by atomic mass is 16.5. The molecule has 11 nitrogen and oxygen atoms in total. The molecule has 1 atom stereocenters. The van der Waals surface area contributed by atoms with E-state index < -0.39 is 29.3 Å². The number of anilines is 1. The number of carbonyl (C=O) groups is 3. The average molecular weight is 541 g/mol. The third-order valence-corrected chi connectivity index (χ3v) is 6.32. The van der Waals surface area contributed by atoms with Gasteiger partial charge in [-0.2, -0.15) is 0 Å². The monoisotopic (exact) mass is 540 g/mol. The van der Waals surface area contributed by atoms with Crippen molar-refractivity contribution in [3.05, 3.63) is 59.7 Å². The van der Waals surface area contributed by atoms with Gasteiger partial charge in [0, 0.05) is 30.0 Å². The van der Waals surface area contributed by atoms with Gasteiger partial charge in [0.1, 0.15) is 17.6 Å². The van der Waals surface area contributed by atoms with Crippen LogP contribution >= 0.6 is 0 Å². The summed E-state index contributed by atoms with van der Waals surface area (Å²) in [5.74, 6) is 0.760. The Morgan fingerprint density at radius 3 is 2.46 bits per heavy atom. The number of hydrogen-bond acceptors (Lipinski definition) is 8. The summed E-state index contributed by atoms with van der Waals surface area (Å²) in [5, 5.41) is 9.40. The molecule has 210 valence electrons. The fourth-order valence-electron chi connectivity index (χ4n) is 3.96. The number of carbonyl (C=O) groups excluding carboxylic acids is 3. The Balaban J connectivity index is 1.98. The van der Waals surface area contributed by atoms with E-state index in [0.29, 0.717) is 35.0 Å². The molecule has 0 aliphatic heterocycles. The standard InChI is InChI=1S/C28H36N4O7/c1-7-28(3,4)30-27(35)25(20-11-8-12-21(36-5)26(20)37-6)32(17-19-10-9-15-38-19)24(34)14-13-23(33)29-22-16-18(2)39-31-22/h8-12,15-16,25H,7,13-14,17H2,1-6H3,(H,30,35)(H,29,31,33). The summed E-state index contributed by atoms with van der Waals surface area (Å²) in [6, 6.07) is 9.04. The molecule has 0 spiro atoms. The van der Waals surface area contributed by atoms with Crippen LogP contribution in [0.4, 0.5) is 5.82 Å². The lowest BCUT2D eigenvalue weighted by Gasteiger charge is -2.35. The van der Waals surface area contributed by atoms with E-state index in [1.165, 1.54) is 25.4 Å². The highest BCUT2D eigenvalue weighted by molar-refractivity contribution is 5.94. The second kappa shape index (κ2) is 13.0. The Bertz CT molecular complexity index is 1270. The molecule has 3 amide bonds. The van der Waals surface area contributed by atoms with Crippen molar-refractivity contribution in [2.24, 2.45) is 0 Å². The molecular weight excluding hydrogens is 504 g/mol. The molecule has 1 aromatic carbocycles. The molecular formula is C28H36N4O7. The molecule has 0 aliphatic rings. The van der Waals surface area contributed by atoms with E-state index in [1.807, 2.05) is 20.8 Å². The fraction of sp³-hybridized carbons (Fsp3) is 0.429. The van der Waals surface area contributed by atoms with Crippen LogP contribution in [0.2, 0.25) is 0 Å². The van der Waals surface area contributed by atoms with Gasteiger partial charge in [0.25, 0.3) is 0 Å². The molecule has 0 saturated carbocycles. The molecule has 11 heteroatoms. The summed E-state index contributed by atoms with van der Waals surface area (Å²) in [7, 11) is 2.97. The summed E-state index contributed by atoms with van der Waals surface area (Å²) in [4.78, 5) is 41.6. The SMILES string of the molecule is CCC(C)(C)NC(=O)C(c1cccc(OC)c1OC)N(Cc1ccco1)C(=O)CCC(=O)Nc1cc(C)on1. The van der Waals surface area contributed by atoms with Crippen LogP contribution in [0.25, 0.3) is 0 Å². The predicted octanol–water partition coefficient (Wildman–Crippen LogP) is 4.39. The van der Waals surface area contributed by atoms with E-state index in [0.717, 1.165) is 0 Å². The van der Waals surface area contributed by atoms with Crippen LogP contribution in [0.5, 0.6) is 11.5 Å². The zero-order valence-electron chi connectivity index (χ0n) is 23.2. The van der Waals surface area contributed by atoms with Crippen molar-refractivity contribution in [2.75, 3.05) is 19.5 Å². The number of furan rings is 1. The van der Waals surface area contributed by atoms with Crippen LogP contribution in [0.15, 0.2) is 51.6 Å². The van der Waals surface area contributed by atoms with Crippen LogP contribution in [-0.4, -0.2) is 47.5 Å². The first kappa shape index (κ1) is 29.3. The summed E-state index contributed by atoms with van der Waals surface area (Å²) >= 11 is 0. The minimum atomic E-state index is -1.11. The second-order valence-corrected chi connectivity index (χ2v) is 9.68. The van der Waals surface area contributed by atoms with Gasteiger partial charge in [-0.3, -0.25) is 14.4 Å². The van der Waals surface area contributed by atoms with Gasteiger partial charge in [-0.05, 0) is 45.4 Å². The number of nitrogens with one attached hydrogen (secondary N) is 2. The number of para-hydroxylation sites is 1. The second-order valence-electron chi connectivity index (χ2n) is 9.68. The average Bonchev–Trinajstić information content (AvgIpc) is 3.57. The van der Waals surface area contributed by atoms with Crippen molar-refractivity contribution < 1.29 is 32.8 Å². The minimum absolute atomic E-state index is 0.0130. The third-order valence-electron chi connectivity index (χ3n) is 6.32. The van der Waals surface area contributed by atoms with Crippen LogP contribution in [0.3, 0.4) is 0 Å². The number of nitrogens with zero attached hydrogens (tertiary/aromatic N) is 2. The number of hydrogen-bond donors (Lipinski definition) is 2. The van der Waals surface area contributed by atoms with Gasteiger partial charge in [0.15, 0.2) is 17.3 Å². The first-order valence-electron chi connectivity index (χ1n) is 12.7. The molecule has 2 heterocycles. The summed E-state index contributed by atoms with van der Waals surface area (Å²) < 4.78 is 21.6. The molecule has 0 saturated heterocycles. The van der Waals surface area contributed by atoms with Crippen molar-refractivity contribution >= 4 is 23.5 Å². The molecule has 1 unspecified atom stereocenters. The number of aryl methyl sites for hydroxylation is 1. The maximum absolute atomic E-state index is 13.9. The largest absolute Gasteiger partial charge is 0.493 e. The first-order valence-corrected chi connectivity index (χ1v) is 12.7. The smallest absolute Gasteiger partial charge is 0.248 e. The number of rotatable bonds is 13. The lowest BCUT2D eigenvalue weighted by Crippen LogP contribution is -2.50. The van der Waals surface area contributed by atoms with Crippen LogP contribution < -0.4 is 20.1 Å². The van der Waals surface area contributed by atoms with Crippen molar-refractivity contribution in [1.82, 2.24) is 15.4 Å². The highest BCUT2D eigenvalue weighted by Gasteiger charge is 2.37. The van der Waals surface area contributed by atoms with Gasteiger partial charge in [-0.25, -0.2) is 0 Å². The number of benzene rings is 1. The zero-order valence-corrected chi connectivity index (χ0v) is 23.2. The molecule has 39 heavy (non-hydrogen) atoms. The molecule has 0 bridgehead atoms. The molecule has 0 radical (unpaired) electrons. The molecule has 0 aliphatic carbocycles. The zero-order chi connectivity index (χ0) is 28.6. The van der Waals surface area contributed by atoms with E-state index in [4.69, 9.17) is 18.4 Å². The molecule has 0 fully saturated rings. The van der Waals surface area contributed by atoms with E-state index >= 15 is 0 Å². The van der Waals surface area contributed by atoms with Gasteiger partial charge in [-0.15, -0.1) is 0 Å². The van der Waals surface area contributed by atoms with Gasteiger partial charge in [-0.1, -0.05) is 24.2 Å². The quantitative estimate of drug-likeness (QED) is 0.326. The van der Waals surface area contributed by atoms with E-state index in [9.17, 15) is 14.4 Å². The Labute approximate surface area is 227 Å². The Morgan fingerprint density at radius 2 is 1.87 bits per heavy atom. The third kappa shape index (κ3) is 7.62. The van der Waals surface area contributed by atoms with Crippen LogP contribution in [0.1, 0.15) is 63.2 Å². The topological polar surface area (TPSA) is 136 Å². The highest BCUT2D eigenvalue weighted by Crippen LogP contribution is 2.38. The summed E-state index contributed by atoms with van der Waals surface area (Å²) in [5.41, 5.74) is -0.111. The van der Waals surface area contributed by atoms with Gasteiger partial charge >= 0.3 is 0 Å². The van der Waals surface area contributed by atoms with Crippen molar-refractivity contribution in [3.63, 3.8) is 0 Å². The van der Waals surface area contributed by atoms with Crippen LogP contribution in [0, 0.1) is 6.92 Å². The van der Waals surface area contributed by atoms with E-state index in [2.05, 4.69) is 15.8 Å². The Morgan fingerprint density at radius 1 is 1.10 bits per heavy atom. The maximum atomic E-state index is 13.9. The van der Waals surface area contributed by atoms with Crippen molar-refractivity contribution in [2.45, 2.75) is 65.1 Å². The molecule has 2 N–H and O–H groups in total. The number of ether oxygens (including phenoxy) is 2. The number of aromatic nitrogens is 1. The maximum Gasteiger partial charge on any atom is 0.248 e. The molecule has 2 aromatic heterocycles. The van der Waals surface area contributed by atoms with E-state index in [1.54, 1.807) is 43.3 Å². The number of amides is 3. The predicted molar refractivity (Wildman–Crippen MR) is 143 cm³/mol. The van der Waals surface area contributed by atoms with E-state index in [-0.39, 0.29) is 25.2 Å². The lowest BCUT2D eigenvalue weighted by atomic mass is 9.97. The summed E-state index contributed by atoms with van der Waals surface area (Å²) in [6.45, 7) is 7.46. The first-order chi connectivity index (χ1) is 18.6. The minimum Gasteiger partial charge on any atom is -0.493 e. The van der Waals surface area contributed by atoms with Crippen molar-refractivity contribution in [1.29, 1.82) is 0 Å². The Hall–Kier alpha value is -4.28. The van der Waals surface area contributed by atoms with Crippen LogP contribution in [-0.2, 0) is 20.9 Å². The van der Waals surface area contributed by atoms with Gasteiger partial charge in [0.2, 0.25) is 17.7 Å². The number of methoxy groups -OCH3 is 2. The Kier molecular flexibility index (Phi) is 9.75. The summed E-state index contributed by atoms with van der Waals surface area (Å²) in [6.07, 6.45) is 1.85.